The van der Waals surface area contributed by atoms with Crippen LogP contribution in [0.1, 0.15) is 42.5 Å². The van der Waals surface area contributed by atoms with Gasteiger partial charge in [-0.25, -0.2) is 0 Å². The number of piperidine rings is 2. The topological polar surface area (TPSA) is 73.0 Å². The minimum Gasteiger partial charge on any atom is -0.367 e. The summed E-state index contributed by atoms with van der Waals surface area (Å²) >= 11 is 0. The van der Waals surface area contributed by atoms with E-state index in [4.69, 9.17) is 0 Å². The quantitative estimate of drug-likeness (QED) is 0.770. The molecule has 3 aliphatic rings. The molecular weight excluding hydrogens is 392 g/mol. The third-order valence-electron chi connectivity index (χ3n) is 6.74. The Kier molecular flexibility index (Phi) is 4.93. The van der Waals surface area contributed by atoms with Crippen molar-refractivity contribution in [3.63, 3.8) is 0 Å². The molecule has 0 aliphatic carbocycles. The molecule has 31 heavy (non-hydrogen) atoms. The zero-order valence-electron chi connectivity index (χ0n) is 18.1. The number of carbonyl (C=O) groups excluding carboxylic acids is 3. The molecule has 3 amide bonds. The Labute approximate surface area is 182 Å². The fraction of sp³-hybridized carbons (Fsp3) is 0.458. The van der Waals surface area contributed by atoms with E-state index in [1.807, 2.05) is 18.2 Å². The molecule has 162 valence electrons. The van der Waals surface area contributed by atoms with Gasteiger partial charge in [-0.05, 0) is 58.0 Å². The summed E-state index contributed by atoms with van der Waals surface area (Å²) in [6.07, 6.45) is 4.15. The van der Waals surface area contributed by atoms with Gasteiger partial charge >= 0.3 is 0 Å². The number of imide groups is 1. The molecule has 2 aromatic rings. The van der Waals surface area contributed by atoms with Crippen LogP contribution in [-0.4, -0.2) is 61.9 Å². The molecule has 7 heteroatoms. The van der Waals surface area contributed by atoms with Crippen molar-refractivity contribution in [3.8, 4) is 0 Å². The van der Waals surface area contributed by atoms with Crippen molar-refractivity contribution in [1.29, 1.82) is 0 Å². The summed E-state index contributed by atoms with van der Waals surface area (Å²) in [5.41, 5.74) is 2.57. The Hall–Kier alpha value is -2.93. The number of nitrogens with zero attached hydrogens (tertiary/aromatic N) is 3. The number of benzene rings is 2. The first-order valence-electron chi connectivity index (χ1n) is 11.1. The first-order chi connectivity index (χ1) is 15.0. The van der Waals surface area contributed by atoms with Crippen LogP contribution in [-0.2, 0) is 9.59 Å². The smallest absolute Gasteiger partial charge is 0.259 e. The third-order valence-corrected chi connectivity index (χ3v) is 6.74. The number of rotatable bonds is 4. The summed E-state index contributed by atoms with van der Waals surface area (Å²) in [7, 11) is 4.22. The van der Waals surface area contributed by atoms with Gasteiger partial charge < -0.3 is 9.80 Å². The molecule has 0 saturated carbocycles. The second-order valence-electron chi connectivity index (χ2n) is 9.08. The van der Waals surface area contributed by atoms with E-state index in [2.05, 4.69) is 41.3 Å². The molecule has 1 N–H and O–H groups in total. The molecule has 2 atom stereocenters. The summed E-state index contributed by atoms with van der Waals surface area (Å²) in [5.74, 6) is -0.824. The maximum absolute atomic E-state index is 13.3. The molecule has 0 bridgehead atoms. The molecular formula is C24H28N4O3. The number of hydrogen-bond donors (Lipinski definition) is 1. The highest BCUT2D eigenvalue weighted by atomic mass is 16.2. The first kappa shape index (κ1) is 20.0. The van der Waals surface area contributed by atoms with Crippen LogP contribution in [0.25, 0.3) is 10.8 Å². The van der Waals surface area contributed by atoms with E-state index >= 15 is 0 Å². The van der Waals surface area contributed by atoms with Gasteiger partial charge in [-0.1, -0.05) is 12.1 Å². The summed E-state index contributed by atoms with van der Waals surface area (Å²) in [6, 6.07) is 9.73. The molecule has 0 spiro atoms. The van der Waals surface area contributed by atoms with Gasteiger partial charge in [0.15, 0.2) is 0 Å². The Morgan fingerprint density at radius 1 is 1.03 bits per heavy atom. The van der Waals surface area contributed by atoms with E-state index < -0.39 is 11.9 Å². The lowest BCUT2D eigenvalue weighted by molar-refractivity contribution is -0.134. The van der Waals surface area contributed by atoms with E-state index in [0.717, 1.165) is 48.1 Å². The Balaban J connectivity index is 1.59. The summed E-state index contributed by atoms with van der Waals surface area (Å²) in [5, 5.41) is 4.37. The zero-order valence-corrected chi connectivity index (χ0v) is 18.1. The normalized spacial score (nSPS) is 23.8. The van der Waals surface area contributed by atoms with Crippen LogP contribution < -0.4 is 15.1 Å². The van der Waals surface area contributed by atoms with Crippen LogP contribution in [0.15, 0.2) is 30.3 Å². The fourth-order valence-corrected chi connectivity index (χ4v) is 5.41. The average Bonchev–Trinajstić information content (AvgIpc) is 3.02. The monoisotopic (exact) mass is 420 g/mol. The summed E-state index contributed by atoms with van der Waals surface area (Å²) in [6.45, 7) is 1.99. The van der Waals surface area contributed by atoms with Crippen LogP contribution in [0, 0.1) is 0 Å². The number of nitrogens with one attached hydrogen (secondary N) is 1. The van der Waals surface area contributed by atoms with Crippen LogP contribution in [0.3, 0.4) is 0 Å². The van der Waals surface area contributed by atoms with Gasteiger partial charge in [-0.2, -0.15) is 0 Å². The molecule has 2 aromatic carbocycles. The van der Waals surface area contributed by atoms with E-state index in [0.29, 0.717) is 18.0 Å². The second-order valence-corrected chi connectivity index (χ2v) is 9.08. The lowest BCUT2D eigenvalue weighted by atomic mass is 9.97. The molecule has 7 nitrogen and oxygen atoms in total. The SMILES string of the molecule is CN(C)CC1CCCCN1c1ccc2c3c(cccc13)N(C1CCC(=O)NC1=O)C2=O. The largest absolute Gasteiger partial charge is 0.367 e. The number of hydrogen-bond acceptors (Lipinski definition) is 5. The molecule has 0 radical (unpaired) electrons. The minimum atomic E-state index is -0.650. The van der Waals surface area contributed by atoms with Crippen molar-refractivity contribution < 1.29 is 14.4 Å². The van der Waals surface area contributed by atoms with Crippen LogP contribution >= 0.6 is 0 Å². The van der Waals surface area contributed by atoms with E-state index in [9.17, 15) is 14.4 Å². The maximum atomic E-state index is 13.3. The Morgan fingerprint density at radius 2 is 1.87 bits per heavy atom. The molecule has 0 aromatic heterocycles. The summed E-state index contributed by atoms with van der Waals surface area (Å²) in [4.78, 5) is 43.8. The number of anilines is 2. The van der Waals surface area contributed by atoms with E-state index in [1.54, 1.807) is 4.90 Å². The predicted octanol–water partition coefficient (Wildman–Crippen LogP) is 2.53. The van der Waals surface area contributed by atoms with Crippen LogP contribution in [0.5, 0.6) is 0 Å². The van der Waals surface area contributed by atoms with Crippen LogP contribution in [0.4, 0.5) is 11.4 Å². The Bertz CT molecular complexity index is 1080. The second kappa shape index (κ2) is 7.64. The minimum absolute atomic E-state index is 0.157. The highest BCUT2D eigenvalue weighted by molar-refractivity contribution is 6.28. The highest BCUT2D eigenvalue weighted by Gasteiger charge is 2.41. The number of amides is 3. The number of carbonyl (C=O) groups is 3. The van der Waals surface area contributed by atoms with Gasteiger partial charge in [0.25, 0.3) is 5.91 Å². The van der Waals surface area contributed by atoms with Crippen molar-refractivity contribution in [2.24, 2.45) is 0 Å². The molecule has 3 heterocycles. The van der Waals surface area contributed by atoms with Gasteiger partial charge in [0.05, 0.1) is 11.3 Å². The van der Waals surface area contributed by atoms with E-state index in [1.165, 1.54) is 6.42 Å². The van der Waals surface area contributed by atoms with Crippen molar-refractivity contribution in [2.75, 3.05) is 37.0 Å². The molecule has 2 saturated heterocycles. The van der Waals surface area contributed by atoms with E-state index in [-0.39, 0.29) is 18.2 Å². The molecule has 2 unspecified atom stereocenters. The fourth-order valence-electron chi connectivity index (χ4n) is 5.41. The molecule has 2 fully saturated rings. The maximum Gasteiger partial charge on any atom is 0.259 e. The van der Waals surface area contributed by atoms with Gasteiger partial charge in [-0.15, -0.1) is 0 Å². The van der Waals surface area contributed by atoms with Crippen molar-refractivity contribution in [3.05, 3.63) is 35.9 Å². The predicted molar refractivity (Wildman–Crippen MR) is 120 cm³/mol. The lowest BCUT2D eigenvalue weighted by Gasteiger charge is -2.39. The van der Waals surface area contributed by atoms with Crippen LogP contribution in [0.2, 0.25) is 0 Å². The van der Waals surface area contributed by atoms with Gasteiger partial charge in [0.2, 0.25) is 11.8 Å². The van der Waals surface area contributed by atoms with Gasteiger partial charge in [-0.3, -0.25) is 24.6 Å². The summed E-state index contributed by atoms with van der Waals surface area (Å²) < 4.78 is 0. The standard InChI is InChI=1S/C24H28N4O3/c1-26(2)14-15-6-3-4-13-27(15)18-10-9-17-22-16(18)7-5-8-19(22)28(24(17)31)20-11-12-21(29)25-23(20)30/h5,7-10,15,20H,3-4,6,11-14H2,1-2H3,(H,25,29,30). The van der Waals surface area contributed by atoms with Crippen molar-refractivity contribution >= 4 is 39.9 Å². The van der Waals surface area contributed by atoms with Crippen molar-refractivity contribution in [2.45, 2.75) is 44.2 Å². The third kappa shape index (κ3) is 3.28. The molecule has 5 rings (SSSR count). The number of likely N-dealkylation sites (N-methyl/N-ethyl adjacent to an activating group) is 1. The first-order valence-corrected chi connectivity index (χ1v) is 11.1. The highest BCUT2D eigenvalue weighted by Crippen LogP contribution is 2.44. The zero-order chi connectivity index (χ0) is 21.7. The molecule has 3 aliphatic heterocycles. The van der Waals surface area contributed by atoms with Gasteiger partial charge in [0, 0.05) is 42.0 Å². The van der Waals surface area contributed by atoms with Gasteiger partial charge in [0.1, 0.15) is 6.04 Å². The lowest BCUT2D eigenvalue weighted by Crippen LogP contribution is -2.53. The van der Waals surface area contributed by atoms with Crippen molar-refractivity contribution in [1.82, 2.24) is 10.2 Å². The average molecular weight is 421 g/mol. The Morgan fingerprint density at radius 3 is 2.65 bits per heavy atom.